The van der Waals surface area contributed by atoms with Gasteiger partial charge in [0, 0.05) is 6.92 Å². The Morgan fingerprint density at radius 1 is 1.92 bits per heavy atom. The number of halogens is 1. The highest BCUT2D eigenvalue weighted by atomic mass is 79.9. The fraction of sp³-hybridized carbons (Fsp3) is 0.500. The normalized spacial score (nSPS) is 21.2. The maximum Gasteiger partial charge on any atom is 0.228 e. The zero-order valence-electron chi connectivity index (χ0n) is 6.36. The maximum atomic E-state index is 10.8. The highest BCUT2D eigenvalue weighted by molar-refractivity contribution is 9.18. The highest BCUT2D eigenvalue weighted by Crippen LogP contribution is 2.16. The van der Waals surface area contributed by atoms with Crippen molar-refractivity contribution in [1.29, 1.82) is 0 Å². The van der Waals surface area contributed by atoms with E-state index in [1.807, 2.05) is 0 Å². The topological polar surface area (TPSA) is 59.0 Å². The van der Waals surface area contributed by atoms with Crippen LogP contribution < -0.4 is 0 Å². The second kappa shape index (κ2) is 3.66. The van der Waals surface area contributed by atoms with Crippen molar-refractivity contribution in [2.45, 2.75) is 19.6 Å². The average molecular weight is 235 g/mol. The second-order valence-electron chi connectivity index (χ2n) is 2.26. The number of amides is 2. The number of hydrogen-bond donors (Lipinski definition) is 0. The lowest BCUT2D eigenvalue weighted by Gasteiger charge is -2.17. The predicted molar refractivity (Wildman–Crippen MR) is 44.4 cm³/mol. The van der Waals surface area contributed by atoms with Crippen molar-refractivity contribution < 1.29 is 14.4 Å². The van der Waals surface area contributed by atoms with E-state index < -0.39 is 6.23 Å². The molecule has 0 aliphatic carbocycles. The third-order valence-corrected chi connectivity index (χ3v) is 1.87. The molecule has 5 nitrogen and oxygen atoms in total. The van der Waals surface area contributed by atoms with Crippen molar-refractivity contribution in [2.24, 2.45) is 5.16 Å². The van der Waals surface area contributed by atoms with Gasteiger partial charge in [0.05, 0.1) is 6.42 Å². The first kappa shape index (κ1) is 9.18. The lowest BCUT2D eigenvalue weighted by molar-refractivity contribution is -0.149. The van der Waals surface area contributed by atoms with Crippen molar-refractivity contribution in [3.05, 3.63) is 0 Å². The molecule has 0 radical (unpaired) electrons. The van der Waals surface area contributed by atoms with Gasteiger partial charge in [0.1, 0.15) is 4.62 Å². The Balaban J connectivity index is 2.58. The molecule has 0 saturated carbocycles. The quantitative estimate of drug-likeness (QED) is 0.652. The van der Waals surface area contributed by atoms with Gasteiger partial charge in [-0.3, -0.25) is 9.59 Å². The summed E-state index contributed by atoms with van der Waals surface area (Å²) in [5, 5.41) is 3.55. The van der Waals surface area contributed by atoms with E-state index in [1.165, 1.54) is 6.92 Å². The van der Waals surface area contributed by atoms with Crippen LogP contribution in [0, 0.1) is 0 Å². The molecule has 1 rings (SSSR count). The summed E-state index contributed by atoms with van der Waals surface area (Å²) in [5.74, 6) is -0.354. The Labute approximate surface area is 77.5 Å². The van der Waals surface area contributed by atoms with E-state index in [0.717, 1.165) is 4.90 Å². The van der Waals surface area contributed by atoms with Gasteiger partial charge in [-0.2, -0.15) is 0 Å². The van der Waals surface area contributed by atoms with E-state index in [1.54, 1.807) is 0 Å². The van der Waals surface area contributed by atoms with E-state index in [0.29, 0.717) is 17.5 Å². The summed E-state index contributed by atoms with van der Waals surface area (Å²) in [6, 6.07) is 0. The molecule has 0 spiro atoms. The molecule has 1 heterocycles. The van der Waals surface area contributed by atoms with Gasteiger partial charge in [-0.15, -0.1) is 0 Å². The monoisotopic (exact) mass is 234 g/mol. The molecule has 0 bridgehead atoms. The zero-order chi connectivity index (χ0) is 9.14. The highest BCUT2D eigenvalue weighted by Gasteiger charge is 2.27. The van der Waals surface area contributed by atoms with E-state index in [9.17, 15) is 9.59 Å². The van der Waals surface area contributed by atoms with Crippen LogP contribution in [0.15, 0.2) is 5.16 Å². The molecule has 12 heavy (non-hydrogen) atoms. The fourth-order valence-corrected chi connectivity index (χ4v) is 1.19. The number of oxime groups is 1. The lowest BCUT2D eigenvalue weighted by Crippen LogP contribution is -2.37. The predicted octanol–water partition coefficient (Wildman–Crippen LogP) is 0.446. The van der Waals surface area contributed by atoms with E-state index >= 15 is 0 Å². The van der Waals surface area contributed by atoms with Crippen LogP contribution in [0.3, 0.4) is 0 Å². The summed E-state index contributed by atoms with van der Waals surface area (Å²) in [7, 11) is 0. The summed E-state index contributed by atoms with van der Waals surface area (Å²) in [6.45, 7) is 1.30. The lowest BCUT2D eigenvalue weighted by atomic mass is 10.4. The molecule has 0 N–H and O–H groups in total. The molecule has 1 aliphatic heterocycles. The molecule has 1 unspecified atom stereocenters. The molecular weight excluding hydrogens is 228 g/mol. The molecule has 66 valence electrons. The van der Waals surface area contributed by atoms with Crippen LogP contribution in [0.25, 0.3) is 0 Å². The van der Waals surface area contributed by atoms with E-state index in [4.69, 9.17) is 4.84 Å². The standard InChI is InChI=1S/C6H7BrN2O3/c1-4(11)9(3-10)6-2-5(7)8-12-6/h3,6H,2H2,1H3. The molecule has 1 atom stereocenters. The summed E-state index contributed by atoms with van der Waals surface area (Å²) >= 11 is 3.10. The van der Waals surface area contributed by atoms with Crippen LogP contribution in [0.1, 0.15) is 13.3 Å². The van der Waals surface area contributed by atoms with Crippen LogP contribution in [-0.4, -0.2) is 28.1 Å². The van der Waals surface area contributed by atoms with Gasteiger partial charge in [0.25, 0.3) is 0 Å². The molecule has 0 aromatic carbocycles. The van der Waals surface area contributed by atoms with Gasteiger partial charge in [0.2, 0.25) is 18.5 Å². The number of rotatable bonds is 2. The molecule has 2 amide bonds. The molecule has 0 aromatic rings. The number of carbonyl (C=O) groups excluding carboxylic acids is 2. The van der Waals surface area contributed by atoms with Gasteiger partial charge >= 0.3 is 0 Å². The number of nitrogens with zero attached hydrogens (tertiary/aromatic N) is 2. The van der Waals surface area contributed by atoms with Gasteiger partial charge < -0.3 is 4.84 Å². The van der Waals surface area contributed by atoms with Crippen molar-refractivity contribution in [3.63, 3.8) is 0 Å². The minimum absolute atomic E-state index is 0.354. The number of imide groups is 1. The molecule has 0 fully saturated rings. The smallest absolute Gasteiger partial charge is 0.228 e. The molecule has 6 heteroatoms. The maximum absolute atomic E-state index is 10.8. The van der Waals surface area contributed by atoms with E-state index in [-0.39, 0.29) is 5.91 Å². The van der Waals surface area contributed by atoms with Crippen molar-refractivity contribution in [3.8, 4) is 0 Å². The van der Waals surface area contributed by atoms with Crippen LogP contribution in [0.5, 0.6) is 0 Å². The minimum atomic E-state index is -0.589. The summed E-state index contributed by atoms with van der Waals surface area (Å²) in [6.07, 6.45) is 0.265. The van der Waals surface area contributed by atoms with Crippen molar-refractivity contribution in [1.82, 2.24) is 4.90 Å². The van der Waals surface area contributed by atoms with Crippen LogP contribution in [-0.2, 0) is 14.4 Å². The summed E-state index contributed by atoms with van der Waals surface area (Å²) < 4.78 is 0.598. The fourth-order valence-electron chi connectivity index (χ4n) is 0.831. The minimum Gasteiger partial charge on any atom is -0.369 e. The molecular formula is C6H7BrN2O3. The number of carbonyl (C=O) groups is 2. The van der Waals surface area contributed by atoms with Gasteiger partial charge in [-0.05, 0) is 15.9 Å². The molecule has 1 aliphatic rings. The van der Waals surface area contributed by atoms with Crippen molar-refractivity contribution >= 4 is 32.9 Å². The van der Waals surface area contributed by atoms with Crippen LogP contribution in [0.4, 0.5) is 0 Å². The Bertz CT molecular complexity index is 241. The zero-order valence-corrected chi connectivity index (χ0v) is 7.94. The van der Waals surface area contributed by atoms with E-state index in [2.05, 4.69) is 21.1 Å². The largest absolute Gasteiger partial charge is 0.369 e. The van der Waals surface area contributed by atoms with Gasteiger partial charge in [-0.25, -0.2) is 4.90 Å². The Hall–Kier alpha value is -0.910. The summed E-state index contributed by atoms with van der Waals surface area (Å²) in [5.41, 5.74) is 0. The van der Waals surface area contributed by atoms with Gasteiger partial charge in [0.15, 0.2) is 0 Å². The first-order valence-electron chi connectivity index (χ1n) is 3.27. The van der Waals surface area contributed by atoms with Gasteiger partial charge in [-0.1, -0.05) is 5.16 Å². The summed E-state index contributed by atoms with van der Waals surface area (Å²) in [4.78, 5) is 27.0. The Kier molecular flexibility index (Phi) is 2.80. The second-order valence-corrected chi connectivity index (χ2v) is 3.18. The SMILES string of the molecule is CC(=O)N(C=O)C1CC(Br)=NO1. The first-order valence-corrected chi connectivity index (χ1v) is 4.07. The Morgan fingerprint density at radius 3 is 2.92 bits per heavy atom. The Morgan fingerprint density at radius 2 is 2.58 bits per heavy atom. The van der Waals surface area contributed by atoms with Crippen molar-refractivity contribution in [2.75, 3.05) is 0 Å². The van der Waals surface area contributed by atoms with Crippen LogP contribution >= 0.6 is 15.9 Å². The first-order chi connectivity index (χ1) is 5.65. The molecule has 0 aromatic heterocycles. The van der Waals surface area contributed by atoms with Crippen LogP contribution in [0.2, 0.25) is 0 Å². The molecule has 0 saturated heterocycles. The third kappa shape index (κ3) is 1.82. The third-order valence-electron chi connectivity index (χ3n) is 1.40. The average Bonchev–Trinajstić information content (AvgIpc) is 2.37. The number of hydrogen-bond acceptors (Lipinski definition) is 4.